The van der Waals surface area contributed by atoms with Gasteiger partial charge < -0.3 is 0 Å². The van der Waals surface area contributed by atoms with Gasteiger partial charge in [0.05, 0.1) is 0 Å². The van der Waals surface area contributed by atoms with Crippen LogP contribution in [0.1, 0.15) is 41.5 Å². The molecule has 1 aliphatic rings. The number of hydrogen-bond donors (Lipinski definition) is 0. The largest absolute Gasteiger partial charge is 0.289 e. The molecule has 0 fully saturated rings. The minimum atomic E-state index is -0.0693. The third kappa shape index (κ3) is 2.04. The van der Waals surface area contributed by atoms with Crippen molar-refractivity contribution >= 4 is 5.78 Å². The van der Waals surface area contributed by atoms with Gasteiger partial charge in [0.1, 0.15) is 0 Å². The first-order chi connectivity index (χ1) is 7.32. The zero-order valence-electron chi connectivity index (χ0n) is 11.2. The van der Waals surface area contributed by atoms with E-state index in [0.29, 0.717) is 5.92 Å². The zero-order valence-corrected chi connectivity index (χ0v) is 11.2. The molecule has 0 aliphatic heterocycles. The van der Waals surface area contributed by atoms with Crippen LogP contribution in [0.25, 0.3) is 0 Å². The van der Waals surface area contributed by atoms with E-state index < -0.39 is 0 Å². The number of carbonyl (C=O) groups excluding carboxylic acids is 1. The van der Waals surface area contributed by atoms with Crippen LogP contribution >= 0.6 is 0 Å². The summed E-state index contributed by atoms with van der Waals surface area (Å²) in [6.07, 6.45) is 6.16. The summed E-state index contributed by atoms with van der Waals surface area (Å²) in [4.78, 5) is 12.3. The van der Waals surface area contributed by atoms with Crippen LogP contribution in [0.4, 0.5) is 0 Å². The molecule has 0 saturated heterocycles. The van der Waals surface area contributed by atoms with Crippen molar-refractivity contribution in [2.45, 2.75) is 41.5 Å². The topological polar surface area (TPSA) is 17.1 Å². The zero-order chi connectivity index (χ0) is 12.5. The summed E-state index contributed by atoms with van der Waals surface area (Å²) >= 11 is 0. The molecule has 0 aromatic carbocycles. The van der Waals surface area contributed by atoms with Gasteiger partial charge in [-0.1, -0.05) is 39.0 Å². The standard InChI is InChI=1S/C15H22O/c1-7-10(2)14(16)13-11(3)8-9-12(4)15(13,5)6/h7-9,12H,1-6H3/b10-7+. The first-order valence-corrected chi connectivity index (χ1v) is 5.89. The van der Waals surface area contributed by atoms with E-state index in [1.807, 2.05) is 26.8 Å². The maximum Gasteiger partial charge on any atom is 0.185 e. The minimum absolute atomic E-state index is 0.0693. The molecule has 1 rings (SSSR count). The number of hydrogen-bond acceptors (Lipinski definition) is 1. The van der Waals surface area contributed by atoms with Crippen molar-refractivity contribution in [3.05, 3.63) is 34.9 Å². The Morgan fingerprint density at radius 2 is 2.00 bits per heavy atom. The molecule has 1 nitrogen and oxygen atoms in total. The highest BCUT2D eigenvalue weighted by Crippen LogP contribution is 2.42. The minimum Gasteiger partial charge on any atom is -0.289 e. The Hall–Kier alpha value is -1.11. The molecule has 0 spiro atoms. The molecule has 0 bridgehead atoms. The Labute approximate surface area is 98.9 Å². The molecule has 1 heteroatoms. The smallest absolute Gasteiger partial charge is 0.185 e. The monoisotopic (exact) mass is 218 g/mol. The lowest BCUT2D eigenvalue weighted by Gasteiger charge is -2.36. The number of allylic oxidation sites excluding steroid dienone is 6. The van der Waals surface area contributed by atoms with E-state index in [0.717, 1.165) is 16.7 Å². The Kier molecular flexibility index (Phi) is 3.57. The van der Waals surface area contributed by atoms with Gasteiger partial charge in [-0.05, 0) is 43.3 Å². The van der Waals surface area contributed by atoms with Crippen LogP contribution in [0.5, 0.6) is 0 Å². The summed E-state index contributed by atoms with van der Waals surface area (Å²) in [5.74, 6) is 0.598. The lowest BCUT2D eigenvalue weighted by molar-refractivity contribution is -0.113. The normalized spacial score (nSPS) is 24.9. The summed E-state index contributed by atoms with van der Waals surface area (Å²) in [6.45, 7) is 12.3. The summed E-state index contributed by atoms with van der Waals surface area (Å²) in [6, 6.07) is 0. The third-order valence-corrected chi connectivity index (χ3v) is 3.83. The fourth-order valence-corrected chi connectivity index (χ4v) is 2.15. The summed E-state index contributed by atoms with van der Waals surface area (Å²) in [7, 11) is 0. The molecule has 88 valence electrons. The molecule has 16 heavy (non-hydrogen) atoms. The number of ketones is 1. The van der Waals surface area contributed by atoms with Crippen molar-refractivity contribution in [2.24, 2.45) is 11.3 Å². The predicted molar refractivity (Wildman–Crippen MR) is 69.2 cm³/mol. The molecule has 0 aromatic rings. The van der Waals surface area contributed by atoms with Gasteiger partial charge in [0, 0.05) is 5.57 Å². The summed E-state index contributed by atoms with van der Waals surface area (Å²) < 4.78 is 0. The second kappa shape index (κ2) is 4.40. The number of rotatable bonds is 2. The van der Waals surface area contributed by atoms with Crippen LogP contribution in [-0.2, 0) is 4.79 Å². The van der Waals surface area contributed by atoms with Gasteiger partial charge in [-0.25, -0.2) is 0 Å². The van der Waals surface area contributed by atoms with E-state index in [2.05, 4.69) is 32.9 Å². The molecule has 0 saturated carbocycles. The highest BCUT2D eigenvalue weighted by molar-refractivity contribution is 6.09. The van der Waals surface area contributed by atoms with Gasteiger partial charge in [-0.15, -0.1) is 0 Å². The molecule has 1 unspecified atom stereocenters. The molecular formula is C15H22O. The van der Waals surface area contributed by atoms with Crippen molar-refractivity contribution in [1.29, 1.82) is 0 Å². The fourth-order valence-electron chi connectivity index (χ4n) is 2.15. The predicted octanol–water partition coefficient (Wildman–Crippen LogP) is 4.07. The Bertz CT molecular complexity index is 392. The van der Waals surface area contributed by atoms with E-state index >= 15 is 0 Å². The quantitative estimate of drug-likeness (QED) is 0.638. The van der Waals surface area contributed by atoms with E-state index in [1.54, 1.807) is 0 Å². The van der Waals surface area contributed by atoms with E-state index in [9.17, 15) is 4.79 Å². The molecule has 0 radical (unpaired) electrons. The van der Waals surface area contributed by atoms with E-state index in [4.69, 9.17) is 0 Å². The van der Waals surface area contributed by atoms with Crippen molar-refractivity contribution in [3.63, 3.8) is 0 Å². The van der Waals surface area contributed by atoms with Crippen LogP contribution in [-0.4, -0.2) is 5.78 Å². The van der Waals surface area contributed by atoms with E-state index in [1.165, 1.54) is 0 Å². The maximum absolute atomic E-state index is 12.3. The Morgan fingerprint density at radius 3 is 2.50 bits per heavy atom. The van der Waals surface area contributed by atoms with Crippen LogP contribution in [0.2, 0.25) is 0 Å². The van der Waals surface area contributed by atoms with Crippen molar-refractivity contribution in [3.8, 4) is 0 Å². The van der Waals surface area contributed by atoms with Crippen molar-refractivity contribution < 1.29 is 4.79 Å². The van der Waals surface area contributed by atoms with E-state index in [-0.39, 0.29) is 11.2 Å². The van der Waals surface area contributed by atoms with Gasteiger partial charge >= 0.3 is 0 Å². The molecule has 1 atom stereocenters. The lowest BCUT2D eigenvalue weighted by Crippen LogP contribution is -2.31. The maximum atomic E-state index is 12.3. The number of carbonyl (C=O) groups is 1. The molecule has 0 aromatic heterocycles. The van der Waals surface area contributed by atoms with Gasteiger partial charge in [0.15, 0.2) is 5.78 Å². The third-order valence-electron chi connectivity index (χ3n) is 3.83. The first-order valence-electron chi connectivity index (χ1n) is 5.89. The van der Waals surface area contributed by atoms with Gasteiger partial charge in [-0.2, -0.15) is 0 Å². The van der Waals surface area contributed by atoms with Gasteiger partial charge in [0.25, 0.3) is 0 Å². The second-order valence-electron chi connectivity index (χ2n) is 5.23. The van der Waals surface area contributed by atoms with Crippen molar-refractivity contribution in [1.82, 2.24) is 0 Å². The van der Waals surface area contributed by atoms with Crippen LogP contribution in [0.3, 0.4) is 0 Å². The highest BCUT2D eigenvalue weighted by atomic mass is 16.1. The van der Waals surface area contributed by atoms with Gasteiger partial charge in [-0.3, -0.25) is 4.79 Å². The summed E-state index contributed by atoms with van der Waals surface area (Å²) in [5.41, 5.74) is 2.84. The van der Waals surface area contributed by atoms with Crippen LogP contribution in [0.15, 0.2) is 34.9 Å². The highest BCUT2D eigenvalue weighted by Gasteiger charge is 2.36. The first kappa shape index (κ1) is 13.0. The molecular weight excluding hydrogens is 196 g/mol. The molecule has 0 heterocycles. The average molecular weight is 218 g/mol. The average Bonchev–Trinajstić information content (AvgIpc) is 2.22. The lowest BCUT2D eigenvalue weighted by atomic mass is 9.67. The molecule has 0 amide bonds. The van der Waals surface area contributed by atoms with Crippen LogP contribution in [0, 0.1) is 11.3 Å². The summed E-state index contributed by atoms with van der Waals surface area (Å²) in [5, 5.41) is 0. The molecule has 0 N–H and O–H groups in total. The second-order valence-corrected chi connectivity index (χ2v) is 5.23. The van der Waals surface area contributed by atoms with Crippen LogP contribution < -0.4 is 0 Å². The Balaban J connectivity index is 3.28. The Morgan fingerprint density at radius 1 is 1.44 bits per heavy atom. The molecule has 1 aliphatic carbocycles. The van der Waals surface area contributed by atoms with Gasteiger partial charge in [0.2, 0.25) is 0 Å². The van der Waals surface area contributed by atoms with Crippen molar-refractivity contribution in [2.75, 3.05) is 0 Å². The SMILES string of the molecule is C/C=C(\C)C(=O)C1=C(C)C=CC(C)C1(C)C. The number of Topliss-reactive ketones (excluding diaryl/α,β-unsaturated/α-hetero) is 1. The fraction of sp³-hybridized carbons (Fsp3) is 0.533.